The summed E-state index contributed by atoms with van der Waals surface area (Å²) in [6, 6.07) is 1.86. The Morgan fingerprint density at radius 3 is 3.25 bits per heavy atom. The summed E-state index contributed by atoms with van der Waals surface area (Å²) in [5, 5.41) is 0. The molecule has 0 saturated heterocycles. The SMILES string of the molecule is COC(=O)N1CCc2ccncc2C1CN. The first-order valence-corrected chi connectivity index (χ1v) is 5.25. The molecule has 0 saturated carbocycles. The Hall–Kier alpha value is -1.62. The molecule has 1 aromatic heterocycles. The molecule has 1 aliphatic heterocycles. The van der Waals surface area contributed by atoms with Crippen molar-refractivity contribution in [1.82, 2.24) is 9.88 Å². The van der Waals surface area contributed by atoms with Crippen molar-refractivity contribution >= 4 is 6.09 Å². The normalized spacial score (nSPS) is 19.1. The van der Waals surface area contributed by atoms with E-state index in [4.69, 9.17) is 10.5 Å². The highest BCUT2D eigenvalue weighted by atomic mass is 16.5. The van der Waals surface area contributed by atoms with Crippen LogP contribution in [0.25, 0.3) is 0 Å². The first-order chi connectivity index (χ1) is 7.77. The van der Waals surface area contributed by atoms with Crippen molar-refractivity contribution < 1.29 is 9.53 Å². The number of amides is 1. The number of hydrogen-bond acceptors (Lipinski definition) is 4. The van der Waals surface area contributed by atoms with Crippen LogP contribution < -0.4 is 5.73 Å². The third-order valence-electron chi connectivity index (χ3n) is 2.94. The monoisotopic (exact) mass is 221 g/mol. The van der Waals surface area contributed by atoms with Crippen LogP contribution >= 0.6 is 0 Å². The highest BCUT2D eigenvalue weighted by Crippen LogP contribution is 2.28. The molecule has 5 nitrogen and oxygen atoms in total. The summed E-state index contributed by atoms with van der Waals surface area (Å²) in [4.78, 5) is 17.3. The fourth-order valence-corrected chi connectivity index (χ4v) is 2.12. The van der Waals surface area contributed by atoms with Crippen LogP contribution in [-0.2, 0) is 11.2 Å². The van der Waals surface area contributed by atoms with Gasteiger partial charge in [-0.05, 0) is 23.6 Å². The predicted octanol–water partition coefficient (Wildman–Crippen LogP) is 0.706. The largest absolute Gasteiger partial charge is 0.453 e. The van der Waals surface area contributed by atoms with E-state index < -0.39 is 0 Å². The number of pyridine rings is 1. The number of nitrogens with zero attached hydrogens (tertiary/aromatic N) is 2. The van der Waals surface area contributed by atoms with E-state index in [2.05, 4.69) is 4.98 Å². The van der Waals surface area contributed by atoms with Crippen LogP contribution in [0.5, 0.6) is 0 Å². The summed E-state index contributed by atoms with van der Waals surface area (Å²) in [7, 11) is 1.38. The second kappa shape index (κ2) is 4.49. The van der Waals surface area contributed by atoms with Crippen LogP contribution in [0, 0.1) is 0 Å². The Balaban J connectivity index is 2.33. The van der Waals surface area contributed by atoms with Gasteiger partial charge in [0.1, 0.15) is 0 Å². The standard InChI is InChI=1S/C11H15N3O2/c1-16-11(15)14-5-3-8-2-4-13-7-9(8)10(14)6-12/h2,4,7,10H,3,5-6,12H2,1H3. The lowest BCUT2D eigenvalue weighted by Gasteiger charge is -2.35. The fourth-order valence-electron chi connectivity index (χ4n) is 2.12. The quantitative estimate of drug-likeness (QED) is 0.758. The molecule has 1 aliphatic rings. The lowest BCUT2D eigenvalue weighted by atomic mass is 9.95. The zero-order valence-electron chi connectivity index (χ0n) is 9.22. The van der Waals surface area contributed by atoms with Crippen LogP contribution in [0.3, 0.4) is 0 Å². The molecule has 2 N–H and O–H groups in total. The van der Waals surface area contributed by atoms with Gasteiger partial charge in [-0.15, -0.1) is 0 Å². The number of carbonyl (C=O) groups excluding carboxylic acids is 1. The van der Waals surface area contributed by atoms with Gasteiger partial charge in [-0.25, -0.2) is 4.79 Å². The number of nitrogens with two attached hydrogens (primary N) is 1. The molecule has 1 unspecified atom stereocenters. The summed E-state index contributed by atoms with van der Waals surface area (Å²) < 4.78 is 4.75. The Bertz CT molecular complexity index is 395. The maximum Gasteiger partial charge on any atom is 0.410 e. The first-order valence-electron chi connectivity index (χ1n) is 5.25. The molecule has 1 atom stereocenters. The van der Waals surface area contributed by atoms with Gasteiger partial charge in [-0.1, -0.05) is 0 Å². The first kappa shape index (κ1) is 10.9. The topological polar surface area (TPSA) is 68.5 Å². The second-order valence-electron chi connectivity index (χ2n) is 3.74. The average molecular weight is 221 g/mol. The molecule has 5 heteroatoms. The summed E-state index contributed by atoms with van der Waals surface area (Å²) in [6.45, 7) is 1.03. The number of hydrogen-bond donors (Lipinski definition) is 1. The van der Waals surface area contributed by atoms with Crippen molar-refractivity contribution in [3.05, 3.63) is 29.6 Å². The van der Waals surface area contributed by atoms with Crippen LogP contribution in [-0.4, -0.2) is 36.2 Å². The van der Waals surface area contributed by atoms with Gasteiger partial charge in [0.25, 0.3) is 0 Å². The Morgan fingerprint density at radius 2 is 2.56 bits per heavy atom. The molecule has 16 heavy (non-hydrogen) atoms. The van der Waals surface area contributed by atoms with Crippen LogP contribution in [0.2, 0.25) is 0 Å². The second-order valence-corrected chi connectivity index (χ2v) is 3.74. The molecular formula is C11H15N3O2. The Labute approximate surface area is 94.2 Å². The van der Waals surface area contributed by atoms with Crippen molar-refractivity contribution in [2.45, 2.75) is 12.5 Å². The summed E-state index contributed by atoms with van der Waals surface area (Å²) in [5.41, 5.74) is 7.97. The molecule has 0 radical (unpaired) electrons. The third-order valence-corrected chi connectivity index (χ3v) is 2.94. The Kier molecular flexibility index (Phi) is 3.05. The van der Waals surface area contributed by atoms with E-state index in [9.17, 15) is 4.79 Å². The maximum absolute atomic E-state index is 11.6. The molecule has 86 valence electrons. The van der Waals surface area contributed by atoms with Crippen molar-refractivity contribution in [3.8, 4) is 0 Å². The summed E-state index contributed by atoms with van der Waals surface area (Å²) in [5.74, 6) is 0. The molecular weight excluding hydrogens is 206 g/mol. The molecule has 1 amide bonds. The maximum atomic E-state index is 11.6. The Morgan fingerprint density at radius 1 is 1.75 bits per heavy atom. The van der Waals surface area contributed by atoms with Gasteiger partial charge in [0.05, 0.1) is 13.2 Å². The number of carbonyl (C=O) groups is 1. The lowest BCUT2D eigenvalue weighted by molar-refractivity contribution is 0.102. The van der Waals surface area contributed by atoms with Gasteiger partial charge < -0.3 is 10.5 Å². The van der Waals surface area contributed by atoms with E-state index in [1.165, 1.54) is 12.7 Å². The van der Waals surface area contributed by atoms with Gasteiger partial charge in [-0.3, -0.25) is 9.88 Å². The van der Waals surface area contributed by atoms with E-state index in [-0.39, 0.29) is 12.1 Å². The molecule has 0 aliphatic carbocycles. The minimum atomic E-state index is -0.329. The number of aromatic nitrogens is 1. The van der Waals surface area contributed by atoms with E-state index in [1.807, 2.05) is 6.07 Å². The molecule has 0 aromatic carbocycles. The summed E-state index contributed by atoms with van der Waals surface area (Å²) in [6.07, 6.45) is 4.04. The van der Waals surface area contributed by atoms with Crippen LogP contribution in [0.15, 0.2) is 18.5 Å². The minimum absolute atomic E-state index is 0.120. The zero-order valence-corrected chi connectivity index (χ0v) is 9.22. The molecule has 2 heterocycles. The number of rotatable bonds is 1. The molecule has 0 spiro atoms. The van der Waals surface area contributed by atoms with Crippen LogP contribution in [0.1, 0.15) is 17.2 Å². The summed E-state index contributed by atoms with van der Waals surface area (Å²) >= 11 is 0. The van der Waals surface area contributed by atoms with Gasteiger partial charge >= 0.3 is 6.09 Å². The highest BCUT2D eigenvalue weighted by Gasteiger charge is 2.30. The van der Waals surface area contributed by atoms with Gasteiger partial charge in [-0.2, -0.15) is 0 Å². The molecule has 1 aromatic rings. The predicted molar refractivity (Wildman–Crippen MR) is 58.8 cm³/mol. The van der Waals surface area contributed by atoms with Crippen molar-refractivity contribution in [2.24, 2.45) is 5.73 Å². The zero-order chi connectivity index (χ0) is 11.5. The molecule has 2 rings (SSSR count). The number of ether oxygens (including phenoxy) is 1. The smallest absolute Gasteiger partial charge is 0.410 e. The van der Waals surface area contributed by atoms with E-state index in [0.29, 0.717) is 13.1 Å². The highest BCUT2D eigenvalue weighted by molar-refractivity contribution is 5.68. The van der Waals surface area contributed by atoms with Crippen molar-refractivity contribution in [3.63, 3.8) is 0 Å². The van der Waals surface area contributed by atoms with Gasteiger partial charge in [0.15, 0.2) is 0 Å². The van der Waals surface area contributed by atoms with Gasteiger partial charge in [0.2, 0.25) is 0 Å². The molecule has 0 bridgehead atoms. The van der Waals surface area contributed by atoms with E-state index >= 15 is 0 Å². The fraction of sp³-hybridized carbons (Fsp3) is 0.455. The van der Waals surface area contributed by atoms with E-state index in [0.717, 1.165) is 12.0 Å². The van der Waals surface area contributed by atoms with Crippen molar-refractivity contribution in [1.29, 1.82) is 0 Å². The number of methoxy groups -OCH3 is 1. The van der Waals surface area contributed by atoms with Gasteiger partial charge in [0, 0.05) is 25.5 Å². The molecule has 0 fully saturated rings. The van der Waals surface area contributed by atoms with E-state index in [1.54, 1.807) is 17.3 Å². The minimum Gasteiger partial charge on any atom is -0.453 e. The third kappa shape index (κ3) is 1.74. The van der Waals surface area contributed by atoms with Crippen LogP contribution in [0.4, 0.5) is 4.79 Å². The van der Waals surface area contributed by atoms with Crippen molar-refractivity contribution in [2.75, 3.05) is 20.2 Å². The number of fused-ring (bicyclic) bond motifs is 1. The lowest BCUT2D eigenvalue weighted by Crippen LogP contribution is -2.43. The average Bonchev–Trinajstić information content (AvgIpc) is 2.36.